The van der Waals surface area contributed by atoms with Gasteiger partial charge in [0.25, 0.3) is 0 Å². The van der Waals surface area contributed by atoms with Crippen LogP contribution in [-0.4, -0.2) is 12.6 Å². The summed E-state index contributed by atoms with van der Waals surface area (Å²) in [6.45, 7) is 0.242. The van der Waals surface area contributed by atoms with Crippen LogP contribution >= 0.6 is 0 Å². The van der Waals surface area contributed by atoms with Gasteiger partial charge in [-0.2, -0.15) is 10.5 Å². The van der Waals surface area contributed by atoms with E-state index in [9.17, 15) is 4.79 Å². The van der Waals surface area contributed by atoms with Crippen molar-refractivity contribution in [2.75, 3.05) is 6.61 Å². The Morgan fingerprint density at radius 1 is 1.25 bits per heavy atom. The summed E-state index contributed by atoms with van der Waals surface area (Å²) < 4.78 is 4.93. The first-order valence-corrected chi connectivity index (χ1v) is 4.82. The van der Waals surface area contributed by atoms with E-state index in [1.807, 2.05) is 12.1 Å². The molecule has 0 bridgehead atoms. The third-order valence-corrected chi connectivity index (χ3v) is 1.92. The Bertz CT molecular complexity index is 438. The number of benzene rings is 1. The fraction of sp³-hybridized carbons (Fsp3) is 0.250. The maximum atomic E-state index is 11.4. The van der Waals surface area contributed by atoms with Gasteiger partial charge in [0.1, 0.15) is 0 Å². The van der Waals surface area contributed by atoms with Crippen LogP contribution in [0.5, 0.6) is 0 Å². The normalized spacial score (nSPS) is 8.88. The van der Waals surface area contributed by atoms with Crippen molar-refractivity contribution in [3.63, 3.8) is 0 Å². The smallest absolute Gasteiger partial charge is 0.338 e. The lowest BCUT2D eigenvalue weighted by molar-refractivity contribution is 0.0501. The van der Waals surface area contributed by atoms with Crippen LogP contribution in [0.4, 0.5) is 0 Å². The molecular formula is C12H10N2O2. The molecule has 0 heterocycles. The van der Waals surface area contributed by atoms with Crippen molar-refractivity contribution in [3.05, 3.63) is 35.4 Å². The maximum Gasteiger partial charge on any atom is 0.338 e. The van der Waals surface area contributed by atoms with E-state index >= 15 is 0 Å². The third kappa shape index (κ3) is 3.43. The van der Waals surface area contributed by atoms with Crippen LogP contribution in [-0.2, 0) is 4.74 Å². The predicted molar refractivity (Wildman–Crippen MR) is 56.3 cm³/mol. The predicted octanol–water partition coefficient (Wildman–Crippen LogP) is 2.02. The first-order chi connectivity index (χ1) is 7.77. The number of rotatable bonds is 4. The number of carbonyl (C=O) groups is 1. The Balaban J connectivity index is 2.48. The van der Waals surface area contributed by atoms with E-state index in [-0.39, 0.29) is 6.61 Å². The number of esters is 1. The van der Waals surface area contributed by atoms with Crippen LogP contribution in [0.25, 0.3) is 0 Å². The quantitative estimate of drug-likeness (QED) is 0.567. The highest BCUT2D eigenvalue weighted by Gasteiger charge is 2.06. The van der Waals surface area contributed by atoms with Gasteiger partial charge in [0.15, 0.2) is 0 Å². The molecule has 0 atom stereocenters. The summed E-state index contributed by atoms with van der Waals surface area (Å²) in [7, 11) is 0. The molecule has 0 saturated carbocycles. The number of carbonyl (C=O) groups excluding carboxylic acids is 1. The van der Waals surface area contributed by atoms with Gasteiger partial charge in [0.05, 0.1) is 29.9 Å². The van der Waals surface area contributed by atoms with Crippen LogP contribution in [0.1, 0.15) is 28.8 Å². The number of ether oxygens (including phenoxy) is 1. The topological polar surface area (TPSA) is 73.9 Å². The molecule has 0 saturated heterocycles. The molecule has 0 aliphatic heterocycles. The summed E-state index contributed by atoms with van der Waals surface area (Å²) in [6, 6.07) is 10.2. The average molecular weight is 214 g/mol. The molecule has 4 nitrogen and oxygen atoms in total. The van der Waals surface area contributed by atoms with Crippen LogP contribution in [0.15, 0.2) is 24.3 Å². The average Bonchev–Trinajstić information content (AvgIpc) is 2.34. The van der Waals surface area contributed by atoms with Crippen molar-refractivity contribution in [3.8, 4) is 12.1 Å². The van der Waals surface area contributed by atoms with Crippen molar-refractivity contribution in [2.24, 2.45) is 0 Å². The van der Waals surface area contributed by atoms with Crippen molar-refractivity contribution >= 4 is 5.97 Å². The largest absolute Gasteiger partial charge is 0.462 e. The molecule has 0 spiro atoms. The van der Waals surface area contributed by atoms with E-state index in [0.29, 0.717) is 24.0 Å². The van der Waals surface area contributed by atoms with Crippen molar-refractivity contribution in [1.82, 2.24) is 0 Å². The number of nitriles is 2. The van der Waals surface area contributed by atoms with Gasteiger partial charge >= 0.3 is 5.97 Å². The van der Waals surface area contributed by atoms with E-state index in [0.717, 1.165) is 0 Å². The molecule has 0 aliphatic carbocycles. The Kier molecular flexibility index (Phi) is 4.56. The molecule has 4 heteroatoms. The van der Waals surface area contributed by atoms with Crippen molar-refractivity contribution < 1.29 is 9.53 Å². The van der Waals surface area contributed by atoms with E-state index in [1.54, 1.807) is 24.3 Å². The third-order valence-electron chi connectivity index (χ3n) is 1.92. The zero-order valence-electron chi connectivity index (χ0n) is 8.64. The highest BCUT2D eigenvalue weighted by molar-refractivity contribution is 5.89. The first-order valence-electron chi connectivity index (χ1n) is 4.82. The van der Waals surface area contributed by atoms with Crippen LogP contribution in [0, 0.1) is 22.7 Å². The second kappa shape index (κ2) is 6.21. The van der Waals surface area contributed by atoms with Gasteiger partial charge < -0.3 is 4.74 Å². The van der Waals surface area contributed by atoms with E-state index in [4.69, 9.17) is 15.3 Å². The highest BCUT2D eigenvalue weighted by atomic mass is 16.5. The monoisotopic (exact) mass is 214 g/mol. The first kappa shape index (κ1) is 11.7. The molecule has 0 amide bonds. The fourth-order valence-corrected chi connectivity index (χ4v) is 1.08. The zero-order valence-corrected chi connectivity index (χ0v) is 8.64. The van der Waals surface area contributed by atoms with E-state index in [2.05, 4.69) is 0 Å². The van der Waals surface area contributed by atoms with Gasteiger partial charge in [-0.25, -0.2) is 4.79 Å². The summed E-state index contributed by atoms with van der Waals surface area (Å²) in [5, 5.41) is 16.9. The molecule has 80 valence electrons. The summed E-state index contributed by atoms with van der Waals surface area (Å²) in [5.74, 6) is -0.428. The number of nitrogens with zero attached hydrogens (tertiary/aromatic N) is 2. The van der Waals surface area contributed by atoms with Gasteiger partial charge in [-0.1, -0.05) is 0 Å². The van der Waals surface area contributed by atoms with Crippen molar-refractivity contribution in [1.29, 1.82) is 10.5 Å². The Hall–Kier alpha value is -2.33. The molecule has 16 heavy (non-hydrogen) atoms. The Morgan fingerprint density at radius 3 is 2.50 bits per heavy atom. The Labute approximate surface area is 93.7 Å². The van der Waals surface area contributed by atoms with E-state index in [1.165, 1.54) is 0 Å². The highest BCUT2D eigenvalue weighted by Crippen LogP contribution is 2.05. The second-order valence-corrected chi connectivity index (χ2v) is 3.09. The van der Waals surface area contributed by atoms with Crippen molar-refractivity contribution in [2.45, 2.75) is 12.8 Å². The zero-order chi connectivity index (χ0) is 11.8. The lowest BCUT2D eigenvalue weighted by atomic mass is 10.1. The minimum absolute atomic E-state index is 0.242. The minimum atomic E-state index is -0.428. The SMILES string of the molecule is N#CCCCOC(=O)c1ccc(C#N)cc1. The lowest BCUT2D eigenvalue weighted by Gasteiger charge is -2.02. The summed E-state index contributed by atoms with van der Waals surface area (Å²) in [6.07, 6.45) is 0.916. The Morgan fingerprint density at radius 2 is 1.94 bits per heavy atom. The molecular weight excluding hydrogens is 204 g/mol. The van der Waals surface area contributed by atoms with Crippen LogP contribution < -0.4 is 0 Å². The fourth-order valence-electron chi connectivity index (χ4n) is 1.08. The molecule has 1 rings (SSSR count). The molecule has 0 aliphatic rings. The molecule has 0 fully saturated rings. The van der Waals surface area contributed by atoms with Gasteiger partial charge in [-0.3, -0.25) is 0 Å². The lowest BCUT2D eigenvalue weighted by Crippen LogP contribution is -2.06. The molecule has 0 unspecified atom stereocenters. The second-order valence-electron chi connectivity index (χ2n) is 3.09. The van der Waals surface area contributed by atoms with Gasteiger partial charge in [0, 0.05) is 6.42 Å². The maximum absolute atomic E-state index is 11.4. The molecule has 0 radical (unpaired) electrons. The van der Waals surface area contributed by atoms with Gasteiger partial charge in [-0.15, -0.1) is 0 Å². The van der Waals surface area contributed by atoms with Gasteiger partial charge in [-0.05, 0) is 30.7 Å². The summed E-state index contributed by atoms with van der Waals surface area (Å²) in [4.78, 5) is 11.4. The standard InChI is InChI=1S/C12H10N2O2/c13-7-1-2-8-16-12(15)11-5-3-10(9-14)4-6-11/h3-6H,1-2,8H2. The molecule has 1 aromatic carbocycles. The van der Waals surface area contributed by atoms with Crippen LogP contribution in [0.3, 0.4) is 0 Å². The number of hydrogen-bond acceptors (Lipinski definition) is 4. The summed E-state index contributed by atoms with van der Waals surface area (Å²) in [5.41, 5.74) is 0.914. The molecule has 0 aromatic heterocycles. The van der Waals surface area contributed by atoms with Crippen LogP contribution in [0.2, 0.25) is 0 Å². The van der Waals surface area contributed by atoms with Gasteiger partial charge in [0.2, 0.25) is 0 Å². The summed E-state index contributed by atoms with van der Waals surface area (Å²) >= 11 is 0. The van der Waals surface area contributed by atoms with E-state index < -0.39 is 5.97 Å². The minimum Gasteiger partial charge on any atom is -0.462 e. The molecule has 1 aromatic rings. The molecule has 0 N–H and O–H groups in total. The number of hydrogen-bond donors (Lipinski definition) is 0. The number of unbranched alkanes of at least 4 members (excludes halogenated alkanes) is 1.